The maximum absolute atomic E-state index is 13.3. The van der Waals surface area contributed by atoms with E-state index in [-0.39, 0.29) is 29.8 Å². The maximum Gasteiger partial charge on any atom is 0.345 e. The van der Waals surface area contributed by atoms with Gasteiger partial charge in [0.1, 0.15) is 5.75 Å². The molecule has 30 heavy (non-hydrogen) atoms. The molecule has 1 aromatic carbocycles. The third-order valence-electron chi connectivity index (χ3n) is 6.20. The zero-order chi connectivity index (χ0) is 21.4. The predicted molar refractivity (Wildman–Crippen MR) is 107 cm³/mol. The van der Waals surface area contributed by atoms with Crippen LogP contribution in [-0.4, -0.2) is 30.8 Å². The zero-order valence-electron chi connectivity index (χ0n) is 16.5. The van der Waals surface area contributed by atoms with E-state index in [0.29, 0.717) is 23.3 Å². The number of esters is 1. The summed E-state index contributed by atoms with van der Waals surface area (Å²) in [5.41, 5.74) is 0.946. The van der Waals surface area contributed by atoms with E-state index in [1.807, 2.05) is 6.92 Å². The van der Waals surface area contributed by atoms with Gasteiger partial charge in [0.25, 0.3) is 5.56 Å². The number of benzene rings is 1. The molecule has 0 bridgehead atoms. The lowest BCUT2D eigenvalue weighted by Gasteiger charge is -2.34. The number of phenolic OH excluding ortho intramolecular Hbond substituents is 1. The highest BCUT2D eigenvalue weighted by atomic mass is 16.6. The van der Waals surface area contributed by atoms with Gasteiger partial charge in [-0.05, 0) is 42.7 Å². The average Bonchev–Trinajstić information content (AvgIpc) is 3.09. The van der Waals surface area contributed by atoms with Gasteiger partial charge in [0.05, 0.1) is 29.0 Å². The zero-order valence-corrected chi connectivity index (χ0v) is 16.5. The first-order chi connectivity index (χ1) is 14.3. The highest BCUT2D eigenvalue weighted by Gasteiger charge is 2.48. The van der Waals surface area contributed by atoms with Crippen molar-refractivity contribution in [3.63, 3.8) is 0 Å². The first-order valence-corrected chi connectivity index (χ1v) is 9.84. The van der Waals surface area contributed by atoms with Crippen molar-refractivity contribution in [3.05, 3.63) is 56.9 Å². The van der Waals surface area contributed by atoms with E-state index < -0.39 is 23.4 Å². The molecule has 5 rings (SSSR count). The Hall–Kier alpha value is -3.23. The smallest absolute Gasteiger partial charge is 0.345 e. The number of aryl methyl sites for hydroxylation is 1. The van der Waals surface area contributed by atoms with Crippen LogP contribution in [0.15, 0.2) is 29.1 Å². The third-order valence-corrected chi connectivity index (χ3v) is 6.20. The van der Waals surface area contributed by atoms with Gasteiger partial charge in [0, 0.05) is 16.5 Å². The van der Waals surface area contributed by atoms with Gasteiger partial charge in [-0.3, -0.25) is 4.79 Å². The molecule has 2 atom stereocenters. The summed E-state index contributed by atoms with van der Waals surface area (Å²) in [4.78, 5) is 30.3. The Labute approximate surface area is 171 Å². The summed E-state index contributed by atoms with van der Waals surface area (Å²) in [6, 6.07) is 6.49. The summed E-state index contributed by atoms with van der Waals surface area (Å²) in [5, 5.41) is 31.9. The number of phenols is 1. The number of carbonyl (C=O) groups excluding carboxylic acids is 1. The van der Waals surface area contributed by atoms with Crippen LogP contribution in [0.25, 0.3) is 22.3 Å². The molecule has 0 fully saturated rings. The summed E-state index contributed by atoms with van der Waals surface area (Å²) in [6.45, 7) is 3.83. The van der Waals surface area contributed by atoms with Crippen LogP contribution in [0.3, 0.4) is 0 Å². The quantitative estimate of drug-likeness (QED) is 0.433. The van der Waals surface area contributed by atoms with Gasteiger partial charge in [0.15, 0.2) is 5.60 Å². The van der Waals surface area contributed by atoms with Gasteiger partial charge < -0.3 is 24.6 Å². The maximum atomic E-state index is 13.3. The Kier molecular flexibility index (Phi) is 3.84. The molecule has 0 saturated carbocycles. The third kappa shape index (κ3) is 2.26. The van der Waals surface area contributed by atoms with Crippen molar-refractivity contribution in [1.29, 1.82) is 0 Å². The molecule has 2 aliphatic heterocycles. The number of pyridine rings is 2. The molecule has 4 heterocycles. The van der Waals surface area contributed by atoms with Crippen LogP contribution < -0.4 is 5.56 Å². The molecule has 2 aromatic heterocycles. The number of aliphatic hydroxyl groups is 2. The number of aromatic nitrogens is 2. The van der Waals surface area contributed by atoms with Crippen molar-refractivity contribution in [3.8, 4) is 17.1 Å². The van der Waals surface area contributed by atoms with Gasteiger partial charge in [-0.1, -0.05) is 13.8 Å². The highest BCUT2D eigenvalue weighted by Crippen LogP contribution is 2.42. The Morgan fingerprint density at radius 1 is 1.27 bits per heavy atom. The molecule has 0 saturated heterocycles. The number of hydrogen-bond donors (Lipinski definition) is 3. The van der Waals surface area contributed by atoms with Crippen molar-refractivity contribution in [2.75, 3.05) is 0 Å². The molecule has 8 nitrogen and oxygen atoms in total. The Balaban J connectivity index is 1.85. The van der Waals surface area contributed by atoms with E-state index in [1.165, 1.54) is 4.57 Å². The Bertz CT molecular complexity index is 1310. The van der Waals surface area contributed by atoms with E-state index in [1.54, 1.807) is 31.2 Å². The minimum Gasteiger partial charge on any atom is -0.508 e. The van der Waals surface area contributed by atoms with Gasteiger partial charge >= 0.3 is 5.97 Å². The lowest BCUT2D eigenvalue weighted by Crippen LogP contribution is -2.46. The van der Waals surface area contributed by atoms with Crippen molar-refractivity contribution < 1.29 is 24.9 Å². The second-order valence-corrected chi connectivity index (χ2v) is 7.69. The van der Waals surface area contributed by atoms with E-state index >= 15 is 0 Å². The van der Waals surface area contributed by atoms with Gasteiger partial charge in [-0.25, -0.2) is 9.78 Å². The number of rotatable bonds is 2. The Morgan fingerprint density at radius 3 is 2.73 bits per heavy atom. The number of fused-ring (bicyclic) bond motifs is 5. The van der Waals surface area contributed by atoms with Crippen molar-refractivity contribution in [1.82, 2.24) is 9.55 Å². The summed E-state index contributed by atoms with van der Waals surface area (Å²) >= 11 is 0. The highest BCUT2D eigenvalue weighted by molar-refractivity contribution is 5.90. The predicted octanol–water partition coefficient (Wildman–Crippen LogP) is 1.84. The summed E-state index contributed by atoms with van der Waals surface area (Å²) < 4.78 is 6.35. The van der Waals surface area contributed by atoms with E-state index in [0.717, 1.165) is 16.5 Å². The molecule has 3 N–H and O–H groups in total. The van der Waals surface area contributed by atoms with Crippen LogP contribution in [0.2, 0.25) is 0 Å². The first kappa shape index (κ1) is 18.8. The second kappa shape index (κ2) is 6.13. The van der Waals surface area contributed by atoms with Crippen LogP contribution in [0.4, 0.5) is 0 Å². The fourth-order valence-electron chi connectivity index (χ4n) is 4.60. The van der Waals surface area contributed by atoms with Crippen molar-refractivity contribution in [2.24, 2.45) is 0 Å². The molecular formula is C22H20N2O6. The summed E-state index contributed by atoms with van der Waals surface area (Å²) in [5.74, 6) is -0.849. The minimum atomic E-state index is -2.01. The molecule has 3 aromatic rings. The normalized spacial score (nSPS) is 21.9. The molecule has 0 aliphatic carbocycles. The lowest BCUT2D eigenvalue weighted by atomic mass is 9.85. The minimum absolute atomic E-state index is 0.00800. The fourth-order valence-corrected chi connectivity index (χ4v) is 4.60. The van der Waals surface area contributed by atoms with Crippen LogP contribution in [-0.2, 0) is 28.1 Å². The van der Waals surface area contributed by atoms with Crippen molar-refractivity contribution in [2.45, 2.75) is 45.1 Å². The number of aliphatic hydroxyl groups excluding tert-OH is 1. The first-order valence-electron chi connectivity index (χ1n) is 9.84. The largest absolute Gasteiger partial charge is 0.508 e. The number of carbonyl (C=O) groups is 1. The van der Waals surface area contributed by atoms with Gasteiger partial charge in [-0.2, -0.15) is 0 Å². The number of aromatic hydroxyl groups is 1. The number of nitrogens with zero attached hydrogens (tertiary/aromatic N) is 2. The van der Waals surface area contributed by atoms with E-state index in [9.17, 15) is 24.9 Å². The molecule has 8 heteroatoms. The SMILES string of the molecule is CCc1c2c(nc3ccc(O)cc13)-c1cc3c(c(=O)n1C2)C(O)OC(=O)[C@]3(O)CC. The molecule has 0 amide bonds. The van der Waals surface area contributed by atoms with Gasteiger partial charge in [-0.15, -0.1) is 0 Å². The monoisotopic (exact) mass is 408 g/mol. The van der Waals surface area contributed by atoms with Crippen LogP contribution in [0, 0.1) is 0 Å². The number of ether oxygens (including phenoxy) is 1. The van der Waals surface area contributed by atoms with Crippen LogP contribution in [0.5, 0.6) is 5.75 Å². The molecule has 0 radical (unpaired) electrons. The van der Waals surface area contributed by atoms with E-state index in [4.69, 9.17) is 9.72 Å². The topological polar surface area (TPSA) is 122 Å². The molecule has 2 aliphatic rings. The molecular weight excluding hydrogens is 388 g/mol. The van der Waals surface area contributed by atoms with Crippen LogP contribution in [0.1, 0.15) is 48.8 Å². The fraction of sp³-hybridized carbons (Fsp3) is 0.318. The summed E-state index contributed by atoms with van der Waals surface area (Å²) in [7, 11) is 0. The van der Waals surface area contributed by atoms with E-state index in [2.05, 4.69) is 0 Å². The Morgan fingerprint density at radius 2 is 2.03 bits per heavy atom. The lowest BCUT2D eigenvalue weighted by molar-refractivity contribution is -0.199. The standard InChI is InChI=1S/C22H20N2O6/c1-3-11-12-7-10(25)5-6-15(12)23-18-13(11)9-24-16(18)8-14-17(19(24)26)20(27)30-21(28)22(14,29)4-2/h5-8,20,25,27,29H,3-4,9H2,1-2H3/t20?,22-/m0/s1. The second-order valence-electron chi connectivity index (χ2n) is 7.69. The summed E-state index contributed by atoms with van der Waals surface area (Å²) in [6.07, 6.45) is -1.08. The molecule has 154 valence electrons. The van der Waals surface area contributed by atoms with Crippen molar-refractivity contribution >= 4 is 16.9 Å². The van der Waals surface area contributed by atoms with Crippen LogP contribution >= 0.6 is 0 Å². The molecule has 0 spiro atoms. The number of hydrogen-bond acceptors (Lipinski definition) is 7. The number of cyclic esters (lactones) is 1. The average molecular weight is 408 g/mol. The van der Waals surface area contributed by atoms with Gasteiger partial charge in [0.2, 0.25) is 6.29 Å². The molecule has 1 unspecified atom stereocenters.